The van der Waals surface area contributed by atoms with E-state index in [0.717, 1.165) is 18.4 Å². The first-order valence-electron chi connectivity index (χ1n) is 7.64. The van der Waals surface area contributed by atoms with Gasteiger partial charge in [-0.1, -0.05) is 43.0 Å². The molecule has 4 heteroatoms. The lowest BCUT2D eigenvalue weighted by molar-refractivity contribution is -0.148. The van der Waals surface area contributed by atoms with Crippen LogP contribution >= 0.6 is 11.6 Å². The molecule has 21 heavy (non-hydrogen) atoms. The molecule has 2 rings (SSSR count). The normalized spacial score (nSPS) is 19.0. The number of halogens is 1. The molecule has 0 radical (unpaired) electrons. The standard InChI is InChI=1S/C17H24ClNO2/c1-17(16(20)21-2,19-15-6-4-3-5-7-15)12-13-8-10-14(18)11-9-13/h8-11,15,19H,3-7,12H2,1-2H3. The van der Waals surface area contributed by atoms with Crippen LogP contribution in [0.1, 0.15) is 44.6 Å². The molecule has 0 saturated heterocycles. The van der Waals surface area contributed by atoms with Crippen molar-refractivity contribution in [2.45, 2.75) is 57.0 Å². The second kappa shape index (κ2) is 7.28. The summed E-state index contributed by atoms with van der Waals surface area (Å²) in [6.45, 7) is 1.93. The van der Waals surface area contributed by atoms with Gasteiger partial charge in [0.2, 0.25) is 0 Å². The van der Waals surface area contributed by atoms with Gasteiger partial charge in [0, 0.05) is 17.5 Å². The molecule has 1 unspecified atom stereocenters. The second-order valence-corrected chi connectivity index (χ2v) is 6.54. The molecular weight excluding hydrogens is 286 g/mol. The SMILES string of the molecule is COC(=O)C(C)(Cc1ccc(Cl)cc1)NC1CCCCC1. The summed E-state index contributed by atoms with van der Waals surface area (Å²) in [6, 6.07) is 8.04. The number of carbonyl (C=O) groups is 1. The molecule has 1 aliphatic carbocycles. The fourth-order valence-corrected chi connectivity index (χ4v) is 3.24. The van der Waals surface area contributed by atoms with E-state index in [1.54, 1.807) is 0 Å². The van der Waals surface area contributed by atoms with Gasteiger partial charge in [-0.2, -0.15) is 0 Å². The summed E-state index contributed by atoms with van der Waals surface area (Å²) in [5, 5.41) is 4.25. The Morgan fingerprint density at radius 1 is 1.29 bits per heavy atom. The average Bonchev–Trinajstić information content (AvgIpc) is 2.49. The zero-order chi connectivity index (χ0) is 15.3. The summed E-state index contributed by atoms with van der Waals surface area (Å²) in [4.78, 5) is 12.3. The van der Waals surface area contributed by atoms with Crippen LogP contribution in [0.2, 0.25) is 5.02 Å². The zero-order valence-corrected chi connectivity index (χ0v) is 13.6. The summed E-state index contributed by atoms with van der Waals surface area (Å²) in [6.07, 6.45) is 6.63. The van der Waals surface area contributed by atoms with Gasteiger partial charge in [-0.25, -0.2) is 0 Å². The highest BCUT2D eigenvalue weighted by atomic mass is 35.5. The Hall–Kier alpha value is -1.06. The van der Waals surface area contributed by atoms with E-state index in [2.05, 4.69) is 5.32 Å². The van der Waals surface area contributed by atoms with E-state index < -0.39 is 5.54 Å². The number of ether oxygens (including phenoxy) is 1. The van der Waals surface area contributed by atoms with Crippen LogP contribution in [0.4, 0.5) is 0 Å². The van der Waals surface area contributed by atoms with Crippen molar-refractivity contribution in [3.8, 4) is 0 Å². The van der Waals surface area contributed by atoms with Gasteiger partial charge in [-0.3, -0.25) is 10.1 Å². The Balaban J connectivity index is 2.11. The Labute approximate surface area is 132 Å². The van der Waals surface area contributed by atoms with Crippen LogP contribution in [0.5, 0.6) is 0 Å². The molecule has 0 heterocycles. The molecule has 0 bridgehead atoms. The summed E-state index contributed by atoms with van der Waals surface area (Å²) in [7, 11) is 1.45. The van der Waals surface area contributed by atoms with Crippen molar-refractivity contribution >= 4 is 17.6 Å². The van der Waals surface area contributed by atoms with E-state index in [9.17, 15) is 4.79 Å². The first-order valence-corrected chi connectivity index (χ1v) is 8.02. The minimum Gasteiger partial charge on any atom is -0.468 e. The molecule has 1 aromatic carbocycles. The number of rotatable bonds is 5. The molecular formula is C17H24ClNO2. The minimum atomic E-state index is -0.690. The molecule has 0 aromatic heterocycles. The van der Waals surface area contributed by atoms with E-state index in [4.69, 9.17) is 16.3 Å². The molecule has 1 aliphatic rings. The van der Waals surface area contributed by atoms with E-state index in [1.165, 1.54) is 26.4 Å². The number of methoxy groups -OCH3 is 1. The smallest absolute Gasteiger partial charge is 0.326 e. The molecule has 1 fully saturated rings. The van der Waals surface area contributed by atoms with Gasteiger partial charge in [-0.05, 0) is 37.5 Å². The number of benzene rings is 1. The third kappa shape index (κ3) is 4.45. The molecule has 116 valence electrons. The van der Waals surface area contributed by atoms with Crippen molar-refractivity contribution in [3.05, 3.63) is 34.9 Å². The van der Waals surface area contributed by atoms with E-state index in [1.807, 2.05) is 31.2 Å². The quantitative estimate of drug-likeness (QED) is 0.842. The second-order valence-electron chi connectivity index (χ2n) is 6.11. The van der Waals surface area contributed by atoms with Crippen molar-refractivity contribution in [1.29, 1.82) is 0 Å². The topological polar surface area (TPSA) is 38.3 Å². The molecule has 0 amide bonds. The third-order valence-electron chi connectivity index (χ3n) is 4.23. The summed E-state index contributed by atoms with van der Waals surface area (Å²) >= 11 is 5.92. The van der Waals surface area contributed by atoms with Crippen LogP contribution in [0.15, 0.2) is 24.3 Å². The Morgan fingerprint density at radius 2 is 1.90 bits per heavy atom. The van der Waals surface area contributed by atoms with E-state index in [-0.39, 0.29) is 5.97 Å². The van der Waals surface area contributed by atoms with Crippen molar-refractivity contribution in [1.82, 2.24) is 5.32 Å². The predicted octanol–water partition coefficient (Wildman–Crippen LogP) is 3.74. The first-order chi connectivity index (χ1) is 10.0. The van der Waals surface area contributed by atoms with Crippen LogP contribution in [0, 0.1) is 0 Å². The zero-order valence-electron chi connectivity index (χ0n) is 12.8. The molecule has 1 aromatic rings. The van der Waals surface area contributed by atoms with Gasteiger partial charge in [0.15, 0.2) is 0 Å². The highest BCUT2D eigenvalue weighted by Crippen LogP contribution is 2.23. The molecule has 1 saturated carbocycles. The van der Waals surface area contributed by atoms with Gasteiger partial charge in [0.25, 0.3) is 0 Å². The molecule has 1 N–H and O–H groups in total. The lowest BCUT2D eigenvalue weighted by atomic mass is 9.88. The van der Waals surface area contributed by atoms with E-state index in [0.29, 0.717) is 17.5 Å². The number of carbonyl (C=O) groups excluding carboxylic acids is 1. The average molecular weight is 310 g/mol. The fourth-order valence-electron chi connectivity index (χ4n) is 3.12. The van der Waals surface area contributed by atoms with Gasteiger partial charge in [0.1, 0.15) is 5.54 Å². The van der Waals surface area contributed by atoms with Crippen LogP contribution < -0.4 is 5.32 Å². The van der Waals surface area contributed by atoms with Crippen LogP contribution in [0.25, 0.3) is 0 Å². The summed E-state index contributed by atoms with van der Waals surface area (Å²) in [5.74, 6) is -0.206. The Morgan fingerprint density at radius 3 is 2.48 bits per heavy atom. The fraction of sp³-hybridized carbons (Fsp3) is 0.588. The molecule has 0 spiro atoms. The van der Waals surface area contributed by atoms with Crippen LogP contribution in [-0.2, 0) is 16.0 Å². The largest absolute Gasteiger partial charge is 0.468 e. The maximum absolute atomic E-state index is 12.3. The van der Waals surface area contributed by atoms with Gasteiger partial charge in [-0.15, -0.1) is 0 Å². The molecule has 3 nitrogen and oxygen atoms in total. The maximum atomic E-state index is 12.3. The van der Waals surface area contributed by atoms with Gasteiger partial charge >= 0.3 is 5.97 Å². The number of hydrogen-bond donors (Lipinski definition) is 1. The van der Waals surface area contributed by atoms with E-state index >= 15 is 0 Å². The highest BCUT2D eigenvalue weighted by Gasteiger charge is 2.36. The Kier molecular flexibility index (Phi) is 5.65. The number of nitrogens with one attached hydrogen (secondary N) is 1. The van der Waals surface area contributed by atoms with Crippen LogP contribution in [0.3, 0.4) is 0 Å². The molecule has 0 aliphatic heterocycles. The summed E-state index contributed by atoms with van der Waals surface area (Å²) < 4.78 is 5.03. The van der Waals surface area contributed by atoms with Crippen molar-refractivity contribution in [2.24, 2.45) is 0 Å². The lowest BCUT2D eigenvalue weighted by Crippen LogP contribution is -2.56. The highest BCUT2D eigenvalue weighted by molar-refractivity contribution is 6.30. The first kappa shape index (κ1) is 16.3. The minimum absolute atomic E-state index is 0.206. The predicted molar refractivity (Wildman–Crippen MR) is 85.6 cm³/mol. The third-order valence-corrected chi connectivity index (χ3v) is 4.49. The van der Waals surface area contributed by atoms with Crippen molar-refractivity contribution < 1.29 is 9.53 Å². The lowest BCUT2D eigenvalue weighted by Gasteiger charge is -2.34. The number of esters is 1. The Bertz CT molecular complexity index is 468. The number of hydrogen-bond acceptors (Lipinski definition) is 3. The summed E-state index contributed by atoms with van der Waals surface area (Å²) in [5.41, 5.74) is 0.389. The van der Waals surface area contributed by atoms with Crippen molar-refractivity contribution in [2.75, 3.05) is 7.11 Å². The van der Waals surface area contributed by atoms with Crippen LogP contribution in [-0.4, -0.2) is 24.7 Å². The van der Waals surface area contributed by atoms with Crippen molar-refractivity contribution in [3.63, 3.8) is 0 Å². The van der Waals surface area contributed by atoms with Gasteiger partial charge < -0.3 is 4.74 Å². The molecule has 1 atom stereocenters. The maximum Gasteiger partial charge on any atom is 0.326 e. The van der Waals surface area contributed by atoms with Gasteiger partial charge in [0.05, 0.1) is 7.11 Å². The monoisotopic (exact) mass is 309 g/mol.